The van der Waals surface area contributed by atoms with Crippen LogP contribution in [0.5, 0.6) is 0 Å². The fourth-order valence-electron chi connectivity index (χ4n) is 6.90. The first-order valence-corrected chi connectivity index (χ1v) is 24.6. The Bertz CT molecular complexity index is 1030. The van der Waals surface area contributed by atoms with Gasteiger partial charge in [0.15, 0.2) is 6.10 Å². The minimum Gasteiger partial charge on any atom is -0.462 e. The summed E-state index contributed by atoms with van der Waals surface area (Å²) in [6.45, 7) is 6.49. The minimum atomic E-state index is -0.784. The van der Waals surface area contributed by atoms with Gasteiger partial charge in [-0.3, -0.25) is 14.4 Å². The Kier molecular flexibility index (Phi) is 44.9. The molecule has 0 fully saturated rings. The van der Waals surface area contributed by atoms with Crippen LogP contribution in [0.25, 0.3) is 0 Å². The molecule has 0 amide bonds. The van der Waals surface area contributed by atoms with E-state index in [1.54, 1.807) is 0 Å². The third-order valence-electron chi connectivity index (χ3n) is 10.6. The lowest BCUT2D eigenvalue weighted by molar-refractivity contribution is -0.167. The summed E-state index contributed by atoms with van der Waals surface area (Å²) in [5, 5.41) is 0. The Balaban J connectivity index is 4.42. The molecule has 0 spiro atoms. The third kappa shape index (κ3) is 44.5. The summed E-state index contributed by atoms with van der Waals surface area (Å²) in [7, 11) is 0. The maximum absolute atomic E-state index is 12.8. The van der Waals surface area contributed by atoms with Crippen molar-refractivity contribution in [2.45, 2.75) is 252 Å². The predicted octanol–water partition coefficient (Wildman–Crippen LogP) is 15.9. The van der Waals surface area contributed by atoms with E-state index in [1.165, 1.54) is 122 Å². The number of unbranched alkanes of at least 4 members (excludes halogenated alkanes) is 25. The van der Waals surface area contributed by atoms with Gasteiger partial charge in [0.1, 0.15) is 13.2 Å². The molecule has 0 heterocycles. The summed E-state index contributed by atoms with van der Waals surface area (Å²) in [6, 6.07) is 0. The van der Waals surface area contributed by atoms with Crippen LogP contribution < -0.4 is 0 Å². The van der Waals surface area contributed by atoms with Gasteiger partial charge >= 0.3 is 17.9 Å². The highest BCUT2D eigenvalue weighted by molar-refractivity contribution is 5.71. The fraction of sp³-hybridized carbons (Fsp3) is 0.788. The van der Waals surface area contributed by atoms with Crippen LogP contribution in [0.15, 0.2) is 48.6 Å². The quantitative estimate of drug-likeness (QED) is 0.0264. The lowest BCUT2D eigenvalue weighted by Crippen LogP contribution is -2.30. The number of hydrogen-bond acceptors (Lipinski definition) is 6. The average Bonchev–Trinajstić information content (AvgIpc) is 3.22. The second-order valence-corrected chi connectivity index (χ2v) is 16.4. The maximum Gasteiger partial charge on any atom is 0.306 e. The lowest BCUT2D eigenvalue weighted by atomic mass is 10.0. The molecule has 6 nitrogen and oxygen atoms in total. The molecule has 0 aliphatic heterocycles. The Morgan fingerprint density at radius 3 is 1.05 bits per heavy atom. The predicted molar refractivity (Wildman–Crippen MR) is 247 cm³/mol. The summed E-state index contributed by atoms with van der Waals surface area (Å²) in [5.74, 6) is -0.920. The van der Waals surface area contributed by atoms with Gasteiger partial charge in [0.05, 0.1) is 0 Å². The minimum absolute atomic E-state index is 0.0829. The van der Waals surface area contributed by atoms with Gasteiger partial charge in [-0.15, -0.1) is 0 Å². The first-order valence-electron chi connectivity index (χ1n) is 24.6. The van der Waals surface area contributed by atoms with Crippen molar-refractivity contribution < 1.29 is 28.6 Å². The van der Waals surface area contributed by atoms with Gasteiger partial charge in [-0.25, -0.2) is 0 Å². The molecular weight excluding hydrogens is 721 g/mol. The molecule has 58 heavy (non-hydrogen) atoms. The van der Waals surface area contributed by atoms with E-state index in [0.717, 1.165) is 83.5 Å². The largest absolute Gasteiger partial charge is 0.462 e. The Hall–Kier alpha value is -2.63. The molecular formula is C52H92O6. The molecule has 336 valence electrons. The standard InChI is InChI=1S/C52H92O6/c1-4-7-10-13-16-19-22-24-26-28-30-33-36-39-42-45-51(54)57-48-49(47-56-50(53)44-41-38-35-32-29-21-18-15-12-9-6-3)58-52(55)46-43-40-37-34-31-27-25-23-20-17-14-11-8-5-2/h7,10,16,19,24,26,30,33,49H,4-6,8-9,11-15,17-18,20-23,25,27-29,31-32,34-48H2,1-3H3/b10-7-,19-16-,26-24-,33-30-/t49-/m1/s1. The number of hydrogen-bond donors (Lipinski definition) is 0. The van der Waals surface area contributed by atoms with Crippen molar-refractivity contribution in [1.29, 1.82) is 0 Å². The van der Waals surface area contributed by atoms with Gasteiger partial charge in [0.2, 0.25) is 0 Å². The molecule has 0 aromatic rings. The van der Waals surface area contributed by atoms with Crippen molar-refractivity contribution in [3.8, 4) is 0 Å². The van der Waals surface area contributed by atoms with Crippen LogP contribution in [-0.4, -0.2) is 37.2 Å². The van der Waals surface area contributed by atoms with Crippen LogP contribution in [0, 0.1) is 0 Å². The second-order valence-electron chi connectivity index (χ2n) is 16.4. The smallest absolute Gasteiger partial charge is 0.306 e. The van der Waals surface area contributed by atoms with E-state index >= 15 is 0 Å². The Morgan fingerprint density at radius 2 is 0.672 bits per heavy atom. The van der Waals surface area contributed by atoms with Crippen LogP contribution in [0.4, 0.5) is 0 Å². The summed E-state index contributed by atoms with van der Waals surface area (Å²) >= 11 is 0. The highest BCUT2D eigenvalue weighted by Gasteiger charge is 2.19. The summed E-state index contributed by atoms with van der Waals surface area (Å²) in [5.41, 5.74) is 0. The van der Waals surface area contributed by atoms with Crippen LogP contribution in [0.3, 0.4) is 0 Å². The van der Waals surface area contributed by atoms with Gasteiger partial charge < -0.3 is 14.2 Å². The van der Waals surface area contributed by atoms with E-state index in [0.29, 0.717) is 19.3 Å². The number of esters is 3. The molecule has 0 N–H and O–H groups in total. The van der Waals surface area contributed by atoms with E-state index in [4.69, 9.17) is 14.2 Å². The summed E-state index contributed by atoms with van der Waals surface area (Å²) < 4.78 is 16.7. The zero-order valence-electron chi connectivity index (χ0n) is 38.3. The molecule has 0 aliphatic carbocycles. The first-order chi connectivity index (χ1) is 28.5. The number of carbonyl (C=O) groups is 3. The van der Waals surface area contributed by atoms with E-state index in [-0.39, 0.29) is 31.1 Å². The molecule has 0 saturated heterocycles. The average molecular weight is 813 g/mol. The molecule has 0 bridgehead atoms. The Morgan fingerprint density at radius 1 is 0.362 bits per heavy atom. The molecule has 6 heteroatoms. The molecule has 1 atom stereocenters. The maximum atomic E-state index is 12.8. The van der Waals surface area contributed by atoms with Gasteiger partial charge in [-0.2, -0.15) is 0 Å². The van der Waals surface area contributed by atoms with Crippen molar-refractivity contribution in [1.82, 2.24) is 0 Å². The summed E-state index contributed by atoms with van der Waals surface area (Å²) in [4.78, 5) is 37.8. The van der Waals surface area contributed by atoms with Gasteiger partial charge in [-0.05, 0) is 57.8 Å². The highest BCUT2D eigenvalue weighted by Crippen LogP contribution is 2.15. The van der Waals surface area contributed by atoms with E-state index in [9.17, 15) is 14.4 Å². The summed E-state index contributed by atoms with van der Waals surface area (Å²) in [6.07, 6.45) is 55.2. The lowest BCUT2D eigenvalue weighted by Gasteiger charge is -2.18. The van der Waals surface area contributed by atoms with Gasteiger partial charge in [0.25, 0.3) is 0 Å². The van der Waals surface area contributed by atoms with E-state index in [1.807, 2.05) is 0 Å². The highest BCUT2D eigenvalue weighted by atomic mass is 16.6. The Labute approximate surface area is 358 Å². The SMILES string of the molecule is CC/C=C\C/C=C\C/C=C\C/C=C\CCCCC(=O)OC[C@@H](COC(=O)CCCCCCCCCCCCC)OC(=O)CCCCCCCCCCCCCCCC. The van der Waals surface area contributed by atoms with Crippen LogP contribution in [0.2, 0.25) is 0 Å². The number of ether oxygens (including phenoxy) is 3. The molecule has 0 aromatic heterocycles. The van der Waals surface area contributed by atoms with Gasteiger partial charge in [0, 0.05) is 19.3 Å². The van der Waals surface area contributed by atoms with Gasteiger partial charge in [-0.1, -0.05) is 217 Å². The molecule has 0 radical (unpaired) electrons. The normalized spacial score (nSPS) is 12.4. The van der Waals surface area contributed by atoms with Crippen LogP contribution in [0.1, 0.15) is 245 Å². The van der Waals surface area contributed by atoms with Crippen LogP contribution in [-0.2, 0) is 28.6 Å². The van der Waals surface area contributed by atoms with Crippen molar-refractivity contribution in [3.05, 3.63) is 48.6 Å². The van der Waals surface area contributed by atoms with Crippen molar-refractivity contribution in [2.24, 2.45) is 0 Å². The fourth-order valence-corrected chi connectivity index (χ4v) is 6.90. The van der Waals surface area contributed by atoms with Crippen molar-refractivity contribution in [3.63, 3.8) is 0 Å². The second kappa shape index (κ2) is 47.1. The first kappa shape index (κ1) is 55.4. The molecule has 0 unspecified atom stereocenters. The van der Waals surface area contributed by atoms with Crippen molar-refractivity contribution >= 4 is 17.9 Å². The molecule has 0 rings (SSSR count). The number of carbonyl (C=O) groups excluding carboxylic acids is 3. The van der Waals surface area contributed by atoms with Crippen molar-refractivity contribution in [2.75, 3.05) is 13.2 Å². The molecule has 0 aliphatic rings. The third-order valence-corrected chi connectivity index (χ3v) is 10.6. The topological polar surface area (TPSA) is 78.9 Å². The van der Waals surface area contributed by atoms with E-state index < -0.39 is 6.10 Å². The molecule has 0 aromatic carbocycles. The zero-order valence-corrected chi connectivity index (χ0v) is 38.3. The monoisotopic (exact) mass is 813 g/mol. The molecule has 0 saturated carbocycles. The number of allylic oxidation sites excluding steroid dienone is 8. The van der Waals surface area contributed by atoms with Crippen LogP contribution >= 0.6 is 0 Å². The van der Waals surface area contributed by atoms with E-state index in [2.05, 4.69) is 69.4 Å². The zero-order chi connectivity index (χ0) is 42.3. The number of rotatable bonds is 44.